The quantitative estimate of drug-likeness (QED) is 0.812. The number of ether oxygens (including phenoxy) is 1. The van der Waals surface area contributed by atoms with Gasteiger partial charge in [-0.25, -0.2) is 15.0 Å². The predicted octanol–water partition coefficient (Wildman–Crippen LogP) is 0.300. The van der Waals surface area contributed by atoms with Crippen molar-refractivity contribution in [2.75, 3.05) is 31.1 Å². The summed E-state index contributed by atoms with van der Waals surface area (Å²) in [5, 5.41) is 0. The third-order valence-electron chi connectivity index (χ3n) is 4.49. The Labute approximate surface area is 129 Å². The Morgan fingerprint density at radius 2 is 2.14 bits per heavy atom. The van der Waals surface area contributed by atoms with Gasteiger partial charge in [-0.05, 0) is 6.07 Å². The standard InChI is InChI=1S/C15H20N6O/c1-19-11-16-7-12(19)8-20-9-13-14(10-20)22-6-5-21(13)15-17-3-2-4-18-15/h2-4,7,11,13-14H,5-6,8-10H2,1H3/t13-,14+/m1/s1. The van der Waals surface area contributed by atoms with Crippen molar-refractivity contribution >= 4 is 5.95 Å². The molecule has 2 aromatic heterocycles. The molecule has 2 fully saturated rings. The number of likely N-dealkylation sites (tertiary alicyclic amines) is 1. The van der Waals surface area contributed by atoms with Gasteiger partial charge in [0.1, 0.15) is 0 Å². The molecule has 7 nitrogen and oxygen atoms in total. The highest BCUT2D eigenvalue weighted by molar-refractivity contribution is 5.33. The smallest absolute Gasteiger partial charge is 0.225 e. The normalized spacial score (nSPS) is 25.4. The summed E-state index contributed by atoms with van der Waals surface area (Å²) < 4.78 is 8.04. The van der Waals surface area contributed by atoms with Crippen molar-refractivity contribution in [1.82, 2.24) is 24.4 Å². The average Bonchev–Trinajstić information content (AvgIpc) is 3.14. The second-order valence-electron chi connectivity index (χ2n) is 5.91. The van der Waals surface area contributed by atoms with Gasteiger partial charge < -0.3 is 14.2 Å². The molecule has 0 aromatic carbocycles. The molecule has 2 aliphatic heterocycles. The maximum atomic E-state index is 5.97. The van der Waals surface area contributed by atoms with Gasteiger partial charge in [0, 0.05) is 51.8 Å². The first-order valence-corrected chi connectivity index (χ1v) is 7.64. The highest BCUT2D eigenvalue weighted by Gasteiger charge is 2.41. The van der Waals surface area contributed by atoms with Crippen molar-refractivity contribution in [2.24, 2.45) is 7.05 Å². The lowest BCUT2D eigenvalue weighted by atomic mass is 10.1. The largest absolute Gasteiger partial charge is 0.373 e. The molecule has 4 rings (SSSR count). The third kappa shape index (κ3) is 2.46. The van der Waals surface area contributed by atoms with Gasteiger partial charge >= 0.3 is 0 Å². The molecule has 0 aliphatic carbocycles. The molecule has 22 heavy (non-hydrogen) atoms. The van der Waals surface area contributed by atoms with E-state index in [-0.39, 0.29) is 6.10 Å². The SMILES string of the molecule is Cn1cncc1CN1C[C@@H]2OCCN(c3ncccn3)[C@@H]2C1. The van der Waals surface area contributed by atoms with Gasteiger partial charge in [0.2, 0.25) is 5.95 Å². The molecule has 0 saturated carbocycles. The lowest BCUT2D eigenvalue weighted by Gasteiger charge is -2.36. The van der Waals surface area contributed by atoms with Crippen LogP contribution in [0.4, 0.5) is 5.95 Å². The van der Waals surface area contributed by atoms with Gasteiger partial charge in [0.25, 0.3) is 0 Å². The molecule has 2 aliphatic rings. The molecule has 2 saturated heterocycles. The Kier molecular flexibility index (Phi) is 3.51. The van der Waals surface area contributed by atoms with Gasteiger partial charge in [0.15, 0.2) is 0 Å². The second-order valence-corrected chi connectivity index (χ2v) is 5.91. The molecule has 4 heterocycles. The summed E-state index contributed by atoms with van der Waals surface area (Å²) in [4.78, 5) is 17.7. The number of imidazole rings is 1. The van der Waals surface area contributed by atoms with Gasteiger partial charge in [-0.2, -0.15) is 0 Å². The molecular formula is C15H20N6O. The van der Waals surface area contributed by atoms with E-state index in [0.29, 0.717) is 6.04 Å². The van der Waals surface area contributed by atoms with Crippen molar-refractivity contribution in [3.8, 4) is 0 Å². The molecular weight excluding hydrogens is 280 g/mol. The van der Waals surface area contributed by atoms with E-state index < -0.39 is 0 Å². The van der Waals surface area contributed by atoms with Crippen molar-refractivity contribution in [2.45, 2.75) is 18.7 Å². The molecule has 2 atom stereocenters. The number of rotatable bonds is 3. The number of hydrogen-bond acceptors (Lipinski definition) is 6. The second kappa shape index (κ2) is 5.66. The Balaban J connectivity index is 1.50. The lowest BCUT2D eigenvalue weighted by Crippen LogP contribution is -2.51. The van der Waals surface area contributed by atoms with Crippen LogP contribution in [0.25, 0.3) is 0 Å². The van der Waals surface area contributed by atoms with E-state index in [1.165, 1.54) is 5.69 Å². The summed E-state index contributed by atoms with van der Waals surface area (Å²) in [6, 6.07) is 2.18. The van der Waals surface area contributed by atoms with Crippen LogP contribution in [0.2, 0.25) is 0 Å². The van der Waals surface area contributed by atoms with Crippen LogP contribution in [-0.2, 0) is 18.3 Å². The number of aromatic nitrogens is 4. The highest BCUT2D eigenvalue weighted by Crippen LogP contribution is 2.26. The molecule has 0 bridgehead atoms. The molecule has 0 N–H and O–H groups in total. The molecule has 7 heteroatoms. The van der Waals surface area contributed by atoms with Crippen LogP contribution in [0.5, 0.6) is 0 Å². The lowest BCUT2D eigenvalue weighted by molar-refractivity contribution is 0.0299. The minimum Gasteiger partial charge on any atom is -0.373 e. The van der Waals surface area contributed by atoms with Crippen molar-refractivity contribution < 1.29 is 4.74 Å². The topological polar surface area (TPSA) is 59.3 Å². The van der Waals surface area contributed by atoms with Gasteiger partial charge in [0.05, 0.1) is 30.8 Å². The van der Waals surface area contributed by atoms with Gasteiger partial charge in [-0.15, -0.1) is 0 Å². The fourth-order valence-corrected chi connectivity index (χ4v) is 3.35. The minimum atomic E-state index is 0.228. The zero-order valence-electron chi connectivity index (χ0n) is 12.7. The number of anilines is 1. The number of aryl methyl sites for hydroxylation is 1. The number of morpholine rings is 1. The summed E-state index contributed by atoms with van der Waals surface area (Å²) in [6.07, 6.45) is 7.61. The minimum absolute atomic E-state index is 0.228. The van der Waals surface area contributed by atoms with Crippen molar-refractivity contribution in [3.05, 3.63) is 36.7 Å². The van der Waals surface area contributed by atoms with Crippen LogP contribution >= 0.6 is 0 Å². The maximum Gasteiger partial charge on any atom is 0.225 e. The highest BCUT2D eigenvalue weighted by atomic mass is 16.5. The summed E-state index contributed by atoms with van der Waals surface area (Å²) in [6.45, 7) is 4.40. The maximum absolute atomic E-state index is 5.97. The molecule has 0 spiro atoms. The first-order valence-electron chi connectivity index (χ1n) is 7.64. The van der Waals surface area contributed by atoms with Crippen LogP contribution in [0, 0.1) is 0 Å². The van der Waals surface area contributed by atoms with Gasteiger partial charge in [-0.3, -0.25) is 4.90 Å². The Hall–Kier alpha value is -1.99. The number of nitrogens with zero attached hydrogens (tertiary/aromatic N) is 6. The summed E-state index contributed by atoms with van der Waals surface area (Å²) in [5.41, 5.74) is 1.22. The van der Waals surface area contributed by atoms with E-state index in [1.54, 1.807) is 12.4 Å². The van der Waals surface area contributed by atoms with Crippen LogP contribution in [0.15, 0.2) is 31.0 Å². The number of fused-ring (bicyclic) bond motifs is 1. The first kappa shape index (κ1) is 13.7. The van der Waals surface area contributed by atoms with Crippen molar-refractivity contribution in [1.29, 1.82) is 0 Å². The Bertz CT molecular complexity index is 630. The van der Waals surface area contributed by atoms with E-state index in [4.69, 9.17) is 4.74 Å². The van der Waals surface area contributed by atoms with Crippen LogP contribution < -0.4 is 4.90 Å². The Morgan fingerprint density at radius 3 is 2.91 bits per heavy atom. The number of hydrogen-bond donors (Lipinski definition) is 0. The van der Waals surface area contributed by atoms with Crippen LogP contribution in [-0.4, -0.2) is 62.8 Å². The zero-order chi connectivity index (χ0) is 14.9. The summed E-state index contributed by atoms with van der Waals surface area (Å²) in [5.74, 6) is 0.809. The molecule has 0 unspecified atom stereocenters. The van der Waals surface area contributed by atoms with E-state index >= 15 is 0 Å². The summed E-state index contributed by atoms with van der Waals surface area (Å²) >= 11 is 0. The molecule has 116 valence electrons. The van der Waals surface area contributed by atoms with E-state index in [1.807, 2.05) is 25.6 Å². The van der Waals surface area contributed by atoms with Crippen molar-refractivity contribution in [3.63, 3.8) is 0 Å². The fourth-order valence-electron chi connectivity index (χ4n) is 3.35. The first-order chi connectivity index (χ1) is 10.8. The Morgan fingerprint density at radius 1 is 1.27 bits per heavy atom. The molecule has 0 amide bonds. The van der Waals surface area contributed by atoms with Crippen LogP contribution in [0.3, 0.4) is 0 Å². The molecule has 0 radical (unpaired) electrons. The van der Waals surface area contributed by atoms with E-state index in [0.717, 1.165) is 38.7 Å². The molecule has 2 aromatic rings. The van der Waals surface area contributed by atoms with E-state index in [2.05, 4.69) is 29.3 Å². The fraction of sp³-hybridized carbons (Fsp3) is 0.533. The average molecular weight is 300 g/mol. The zero-order valence-corrected chi connectivity index (χ0v) is 12.7. The predicted molar refractivity (Wildman–Crippen MR) is 81.4 cm³/mol. The van der Waals surface area contributed by atoms with Gasteiger partial charge in [-0.1, -0.05) is 0 Å². The van der Waals surface area contributed by atoms with Crippen LogP contribution in [0.1, 0.15) is 5.69 Å². The third-order valence-corrected chi connectivity index (χ3v) is 4.49. The van der Waals surface area contributed by atoms with E-state index in [9.17, 15) is 0 Å². The monoisotopic (exact) mass is 300 g/mol. The summed E-state index contributed by atoms with van der Waals surface area (Å²) in [7, 11) is 2.03.